The van der Waals surface area contributed by atoms with Crippen LogP contribution in [0.5, 0.6) is 0 Å². The monoisotopic (exact) mass is 351 g/mol. The van der Waals surface area contributed by atoms with Crippen LogP contribution < -0.4 is 5.32 Å². The Morgan fingerprint density at radius 2 is 1.67 bits per heavy atom. The minimum atomic E-state index is -5.70. The number of carboxylic acid groups (broad SMARTS) is 1. The molecule has 0 radical (unpaired) electrons. The molecule has 0 saturated heterocycles. The molecule has 0 heterocycles. The van der Waals surface area contributed by atoms with E-state index in [1.54, 1.807) is 0 Å². The highest BCUT2D eigenvalue weighted by atomic mass is 19.4. The van der Waals surface area contributed by atoms with E-state index in [4.69, 9.17) is 5.11 Å². The molecule has 1 amide bonds. The van der Waals surface area contributed by atoms with E-state index in [-0.39, 0.29) is 11.1 Å². The molecule has 0 spiro atoms. The number of carboxylic acids is 1. The van der Waals surface area contributed by atoms with Crippen LogP contribution >= 0.6 is 0 Å². The first-order valence-corrected chi connectivity index (χ1v) is 6.61. The van der Waals surface area contributed by atoms with Gasteiger partial charge in [-0.25, -0.2) is 4.79 Å². The summed E-state index contributed by atoms with van der Waals surface area (Å²) in [7, 11) is 0. The number of alkyl halides is 5. The Morgan fingerprint density at radius 1 is 1.17 bits per heavy atom. The van der Waals surface area contributed by atoms with Gasteiger partial charge in [-0.1, -0.05) is 30.8 Å². The zero-order valence-electron chi connectivity index (χ0n) is 12.5. The third-order valence-corrected chi connectivity index (χ3v) is 3.18. The average molecular weight is 351 g/mol. The zero-order chi connectivity index (χ0) is 18.7. The number of rotatable bonds is 6. The number of hydrogen-bond acceptors (Lipinski definition) is 2. The molecule has 132 valence electrons. The number of benzene rings is 1. The lowest BCUT2D eigenvalue weighted by Crippen LogP contribution is -2.33. The molecular weight excluding hydrogens is 337 g/mol. The SMILES string of the molecule is C=C(CC(=O)NC(C)c1ccc(C(F)(F)C(F)(F)F)cc1)C(=O)O. The van der Waals surface area contributed by atoms with Crippen LogP contribution in [-0.2, 0) is 15.5 Å². The van der Waals surface area contributed by atoms with E-state index in [1.165, 1.54) is 6.92 Å². The van der Waals surface area contributed by atoms with E-state index in [9.17, 15) is 31.5 Å². The number of aliphatic carboxylic acids is 1. The second-order valence-corrected chi connectivity index (χ2v) is 5.07. The van der Waals surface area contributed by atoms with Gasteiger partial charge in [0.05, 0.1) is 12.5 Å². The predicted octanol–water partition coefficient (Wildman–Crippen LogP) is 3.55. The van der Waals surface area contributed by atoms with Gasteiger partial charge in [0, 0.05) is 11.1 Å². The fraction of sp³-hybridized carbons (Fsp3) is 0.333. The van der Waals surface area contributed by atoms with Gasteiger partial charge in [-0.2, -0.15) is 22.0 Å². The molecule has 0 aliphatic carbocycles. The summed E-state index contributed by atoms with van der Waals surface area (Å²) in [6.07, 6.45) is -6.17. The first-order valence-electron chi connectivity index (χ1n) is 6.61. The zero-order valence-corrected chi connectivity index (χ0v) is 12.5. The van der Waals surface area contributed by atoms with Crippen molar-refractivity contribution in [3.8, 4) is 0 Å². The summed E-state index contributed by atoms with van der Waals surface area (Å²) >= 11 is 0. The van der Waals surface area contributed by atoms with Gasteiger partial charge in [-0.05, 0) is 12.5 Å². The molecule has 2 N–H and O–H groups in total. The average Bonchev–Trinajstić information content (AvgIpc) is 2.45. The number of carbonyl (C=O) groups is 2. The Hall–Kier alpha value is -2.45. The van der Waals surface area contributed by atoms with Gasteiger partial charge in [-0.3, -0.25) is 4.79 Å². The summed E-state index contributed by atoms with van der Waals surface area (Å²) in [5.74, 6) is -6.98. The van der Waals surface area contributed by atoms with E-state index in [2.05, 4.69) is 11.9 Å². The Morgan fingerprint density at radius 3 is 2.08 bits per heavy atom. The predicted molar refractivity (Wildman–Crippen MR) is 74.3 cm³/mol. The van der Waals surface area contributed by atoms with Crippen LogP contribution in [0.2, 0.25) is 0 Å². The minimum Gasteiger partial charge on any atom is -0.478 e. The lowest BCUT2D eigenvalue weighted by molar-refractivity contribution is -0.289. The molecule has 0 aliphatic rings. The third-order valence-electron chi connectivity index (χ3n) is 3.18. The maximum absolute atomic E-state index is 13.2. The highest BCUT2D eigenvalue weighted by Crippen LogP contribution is 2.43. The van der Waals surface area contributed by atoms with E-state index < -0.39 is 42.0 Å². The first kappa shape index (κ1) is 19.6. The van der Waals surface area contributed by atoms with Crippen LogP contribution in [0.3, 0.4) is 0 Å². The van der Waals surface area contributed by atoms with Gasteiger partial charge in [0.1, 0.15) is 0 Å². The van der Waals surface area contributed by atoms with Gasteiger partial charge >= 0.3 is 18.1 Å². The summed E-state index contributed by atoms with van der Waals surface area (Å²) in [6.45, 7) is 4.66. The Balaban J connectivity index is 2.81. The number of hydrogen-bond donors (Lipinski definition) is 2. The molecule has 9 heteroatoms. The molecule has 1 unspecified atom stereocenters. The van der Waals surface area contributed by atoms with Crippen molar-refractivity contribution in [2.24, 2.45) is 0 Å². The van der Waals surface area contributed by atoms with E-state index in [1.807, 2.05) is 0 Å². The molecule has 0 aliphatic heterocycles. The van der Waals surface area contributed by atoms with Crippen molar-refractivity contribution in [1.82, 2.24) is 5.32 Å². The smallest absolute Gasteiger partial charge is 0.458 e. The van der Waals surface area contributed by atoms with Crippen LogP contribution in [0.4, 0.5) is 22.0 Å². The van der Waals surface area contributed by atoms with Crippen LogP contribution in [0.1, 0.15) is 30.5 Å². The maximum atomic E-state index is 13.2. The molecule has 0 saturated carbocycles. The number of nitrogens with one attached hydrogen (secondary N) is 1. The number of halogens is 5. The van der Waals surface area contributed by atoms with Gasteiger partial charge in [-0.15, -0.1) is 0 Å². The summed E-state index contributed by atoms with van der Waals surface area (Å²) in [5, 5.41) is 11.0. The Kier molecular flexibility index (Phi) is 5.70. The summed E-state index contributed by atoms with van der Waals surface area (Å²) in [6, 6.07) is 2.61. The quantitative estimate of drug-likeness (QED) is 0.608. The number of amides is 1. The van der Waals surface area contributed by atoms with Crippen LogP contribution in [0.15, 0.2) is 36.4 Å². The highest BCUT2D eigenvalue weighted by Gasteiger charge is 2.58. The maximum Gasteiger partial charge on any atom is 0.458 e. The Bertz CT molecular complexity index is 638. The normalized spacial score (nSPS) is 13.2. The topological polar surface area (TPSA) is 66.4 Å². The molecular formula is C15H14F5NO3. The fourth-order valence-corrected chi connectivity index (χ4v) is 1.79. The molecule has 1 aromatic carbocycles. The van der Waals surface area contributed by atoms with Crippen LogP contribution in [0.25, 0.3) is 0 Å². The van der Waals surface area contributed by atoms with Gasteiger partial charge < -0.3 is 10.4 Å². The Labute approximate surface area is 134 Å². The summed E-state index contributed by atoms with van der Waals surface area (Å²) in [5.41, 5.74) is -1.26. The van der Waals surface area contributed by atoms with E-state index >= 15 is 0 Å². The standard InChI is InChI=1S/C15H14F5NO3/c1-8(13(23)24)7-12(22)21-9(2)10-3-5-11(6-4-10)14(16,17)15(18,19)20/h3-6,9H,1,7H2,2H3,(H,21,22)(H,23,24). The van der Waals surface area contributed by atoms with E-state index in [0.29, 0.717) is 12.1 Å². The second kappa shape index (κ2) is 6.98. The minimum absolute atomic E-state index is 0.283. The van der Waals surface area contributed by atoms with Crippen LogP contribution in [-0.4, -0.2) is 23.2 Å². The summed E-state index contributed by atoms with van der Waals surface area (Å²) < 4.78 is 63.2. The lowest BCUT2D eigenvalue weighted by atomic mass is 10.0. The van der Waals surface area contributed by atoms with E-state index in [0.717, 1.165) is 12.1 Å². The first-order chi connectivity index (χ1) is 10.9. The second-order valence-electron chi connectivity index (χ2n) is 5.07. The molecule has 0 bridgehead atoms. The largest absolute Gasteiger partial charge is 0.478 e. The fourth-order valence-electron chi connectivity index (χ4n) is 1.79. The van der Waals surface area contributed by atoms with Crippen molar-refractivity contribution in [2.45, 2.75) is 31.5 Å². The molecule has 1 aromatic rings. The van der Waals surface area contributed by atoms with Crippen molar-refractivity contribution in [2.75, 3.05) is 0 Å². The van der Waals surface area contributed by atoms with Gasteiger partial charge in [0.2, 0.25) is 5.91 Å². The lowest BCUT2D eigenvalue weighted by Gasteiger charge is -2.21. The van der Waals surface area contributed by atoms with Gasteiger partial charge in [0.25, 0.3) is 0 Å². The van der Waals surface area contributed by atoms with Crippen molar-refractivity contribution in [3.63, 3.8) is 0 Å². The molecule has 0 aromatic heterocycles. The van der Waals surface area contributed by atoms with Gasteiger partial charge in [0.15, 0.2) is 0 Å². The molecule has 24 heavy (non-hydrogen) atoms. The van der Waals surface area contributed by atoms with Crippen molar-refractivity contribution >= 4 is 11.9 Å². The van der Waals surface area contributed by atoms with Crippen molar-refractivity contribution in [3.05, 3.63) is 47.5 Å². The van der Waals surface area contributed by atoms with Crippen molar-refractivity contribution < 1.29 is 36.6 Å². The molecule has 1 atom stereocenters. The molecule has 0 fully saturated rings. The third kappa shape index (κ3) is 4.53. The number of carbonyl (C=O) groups excluding carboxylic acids is 1. The highest BCUT2D eigenvalue weighted by molar-refractivity contribution is 5.93. The van der Waals surface area contributed by atoms with Crippen molar-refractivity contribution in [1.29, 1.82) is 0 Å². The summed E-state index contributed by atoms with van der Waals surface area (Å²) in [4.78, 5) is 22.2. The van der Waals surface area contributed by atoms with Crippen LogP contribution in [0, 0.1) is 0 Å². The molecule has 4 nitrogen and oxygen atoms in total. The molecule has 1 rings (SSSR count).